The molecule has 25 heavy (non-hydrogen) atoms. The molecule has 3 rings (SSSR count). The standard InChI is InChI=1S/C18H21N5O2/c1-13-9-17(21-25-13)20-18(24)14(2)22(3)11-15-10-19-23(12-15)16-7-5-4-6-8-16/h4-10,12,14H,11H2,1-3H3,(H,20,21,24). The summed E-state index contributed by atoms with van der Waals surface area (Å²) in [5, 5.41) is 10.9. The van der Waals surface area contributed by atoms with E-state index in [1.807, 2.05) is 66.3 Å². The molecule has 0 fully saturated rings. The van der Waals surface area contributed by atoms with Crippen LogP contribution in [0, 0.1) is 6.92 Å². The Kier molecular flexibility index (Phi) is 4.95. The van der Waals surface area contributed by atoms with Crippen molar-refractivity contribution in [3.63, 3.8) is 0 Å². The highest BCUT2D eigenvalue weighted by atomic mass is 16.5. The minimum absolute atomic E-state index is 0.133. The van der Waals surface area contributed by atoms with Gasteiger partial charge in [0.25, 0.3) is 0 Å². The van der Waals surface area contributed by atoms with Crippen LogP contribution in [0.2, 0.25) is 0 Å². The lowest BCUT2D eigenvalue weighted by Gasteiger charge is -2.22. The summed E-state index contributed by atoms with van der Waals surface area (Å²) in [5.74, 6) is 0.954. The van der Waals surface area contributed by atoms with E-state index in [9.17, 15) is 4.79 Å². The zero-order valence-electron chi connectivity index (χ0n) is 14.5. The SMILES string of the molecule is Cc1cc(NC(=O)C(C)N(C)Cc2cnn(-c3ccccc3)c2)no1. The summed E-state index contributed by atoms with van der Waals surface area (Å²) in [5.41, 5.74) is 2.03. The van der Waals surface area contributed by atoms with Gasteiger partial charge in [0, 0.05) is 24.4 Å². The summed E-state index contributed by atoms with van der Waals surface area (Å²) < 4.78 is 6.78. The van der Waals surface area contributed by atoms with Crippen molar-refractivity contribution >= 4 is 11.7 Å². The Labute approximate surface area is 146 Å². The highest BCUT2D eigenvalue weighted by Crippen LogP contribution is 2.12. The van der Waals surface area contributed by atoms with Crippen molar-refractivity contribution in [2.45, 2.75) is 26.4 Å². The number of hydrogen-bond donors (Lipinski definition) is 1. The number of aryl methyl sites for hydroxylation is 1. The van der Waals surface area contributed by atoms with Crippen LogP contribution in [0.4, 0.5) is 5.82 Å². The summed E-state index contributed by atoms with van der Waals surface area (Å²) in [6.45, 7) is 4.24. The number of benzene rings is 1. The molecule has 0 radical (unpaired) electrons. The topological polar surface area (TPSA) is 76.2 Å². The maximum absolute atomic E-state index is 12.3. The van der Waals surface area contributed by atoms with Crippen LogP contribution in [0.5, 0.6) is 0 Å². The second-order valence-corrected chi connectivity index (χ2v) is 6.03. The molecule has 0 saturated carbocycles. The third kappa shape index (κ3) is 4.13. The smallest absolute Gasteiger partial charge is 0.242 e. The fourth-order valence-corrected chi connectivity index (χ4v) is 2.44. The van der Waals surface area contributed by atoms with Gasteiger partial charge in [0.05, 0.1) is 17.9 Å². The molecule has 0 aliphatic rings. The van der Waals surface area contributed by atoms with Crippen molar-refractivity contribution in [1.29, 1.82) is 0 Å². The van der Waals surface area contributed by atoms with Crippen molar-refractivity contribution in [2.75, 3.05) is 12.4 Å². The molecule has 0 bridgehead atoms. The van der Waals surface area contributed by atoms with Gasteiger partial charge in [0.1, 0.15) is 5.76 Å². The van der Waals surface area contributed by atoms with Crippen molar-refractivity contribution < 1.29 is 9.32 Å². The van der Waals surface area contributed by atoms with E-state index in [0.29, 0.717) is 18.1 Å². The lowest BCUT2D eigenvalue weighted by molar-refractivity contribution is -0.120. The molecule has 0 aliphatic carbocycles. The predicted octanol–water partition coefficient (Wildman–Crippen LogP) is 2.63. The van der Waals surface area contributed by atoms with Crippen LogP contribution in [0.25, 0.3) is 5.69 Å². The van der Waals surface area contributed by atoms with Crippen LogP contribution < -0.4 is 5.32 Å². The Bertz CT molecular complexity index is 840. The number of amides is 1. The van der Waals surface area contributed by atoms with Crippen LogP contribution in [-0.4, -0.2) is 38.8 Å². The highest BCUT2D eigenvalue weighted by molar-refractivity contribution is 5.93. The quantitative estimate of drug-likeness (QED) is 0.747. The number of anilines is 1. The van der Waals surface area contributed by atoms with Crippen molar-refractivity contribution in [3.8, 4) is 5.69 Å². The molecule has 1 atom stereocenters. The number of rotatable bonds is 6. The second-order valence-electron chi connectivity index (χ2n) is 6.03. The number of nitrogens with zero attached hydrogens (tertiary/aromatic N) is 4. The first-order chi connectivity index (χ1) is 12.0. The number of para-hydroxylation sites is 1. The van der Waals surface area contributed by atoms with E-state index in [-0.39, 0.29) is 11.9 Å². The van der Waals surface area contributed by atoms with Crippen LogP contribution in [-0.2, 0) is 11.3 Å². The largest absolute Gasteiger partial charge is 0.360 e. The molecule has 130 valence electrons. The zero-order chi connectivity index (χ0) is 17.8. The number of likely N-dealkylation sites (N-methyl/N-ethyl adjacent to an activating group) is 1. The average Bonchev–Trinajstić information content (AvgIpc) is 3.24. The van der Waals surface area contributed by atoms with Crippen LogP contribution in [0.15, 0.2) is 53.3 Å². The Hall–Kier alpha value is -2.93. The highest BCUT2D eigenvalue weighted by Gasteiger charge is 2.20. The molecular formula is C18H21N5O2. The first-order valence-corrected chi connectivity index (χ1v) is 8.06. The van der Waals surface area contributed by atoms with Crippen molar-refractivity contribution in [3.05, 3.63) is 60.1 Å². The van der Waals surface area contributed by atoms with Crippen LogP contribution >= 0.6 is 0 Å². The Morgan fingerprint density at radius 2 is 2.12 bits per heavy atom. The van der Waals surface area contributed by atoms with E-state index in [2.05, 4.69) is 15.6 Å². The molecule has 1 unspecified atom stereocenters. The van der Waals surface area contributed by atoms with E-state index in [1.165, 1.54) is 0 Å². The van der Waals surface area contributed by atoms with E-state index < -0.39 is 0 Å². The van der Waals surface area contributed by atoms with Gasteiger partial charge in [-0.2, -0.15) is 5.10 Å². The van der Waals surface area contributed by atoms with Gasteiger partial charge in [-0.25, -0.2) is 4.68 Å². The fraction of sp³-hybridized carbons (Fsp3) is 0.278. The first kappa shape index (κ1) is 16.9. The van der Waals surface area contributed by atoms with E-state index in [1.54, 1.807) is 13.0 Å². The van der Waals surface area contributed by atoms with Gasteiger partial charge in [-0.05, 0) is 33.0 Å². The molecule has 7 heteroatoms. The summed E-state index contributed by atoms with van der Waals surface area (Å²) in [4.78, 5) is 14.3. The number of hydrogen-bond acceptors (Lipinski definition) is 5. The average molecular weight is 339 g/mol. The second kappa shape index (κ2) is 7.31. The summed E-state index contributed by atoms with van der Waals surface area (Å²) in [6, 6.07) is 11.3. The molecule has 2 aromatic heterocycles. The summed E-state index contributed by atoms with van der Waals surface area (Å²) in [6.07, 6.45) is 3.78. The van der Waals surface area contributed by atoms with Crippen LogP contribution in [0.1, 0.15) is 18.2 Å². The lowest BCUT2D eigenvalue weighted by Crippen LogP contribution is -2.39. The maximum atomic E-state index is 12.3. The van der Waals surface area contributed by atoms with Crippen LogP contribution in [0.3, 0.4) is 0 Å². The van der Waals surface area contributed by atoms with E-state index in [4.69, 9.17) is 4.52 Å². The Morgan fingerprint density at radius 3 is 2.80 bits per heavy atom. The third-order valence-corrected chi connectivity index (χ3v) is 4.01. The minimum atomic E-state index is -0.322. The zero-order valence-corrected chi connectivity index (χ0v) is 14.5. The fourth-order valence-electron chi connectivity index (χ4n) is 2.44. The van der Waals surface area contributed by atoms with Gasteiger partial charge in [-0.15, -0.1) is 0 Å². The minimum Gasteiger partial charge on any atom is -0.360 e. The molecule has 7 nitrogen and oxygen atoms in total. The van der Waals surface area contributed by atoms with Gasteiger partial charge in [0.2, 0.25) is 5.91 Å². The summed E-state index contributed by atoms with van der Waals surface area (Å²) in [7, 11) is 1.90. The summed E-state index contributed by atoms with van der Waals surface area (Å²) >= 11 is 0. The van der Waals surface area contributed by atoms with Gasteiger partial charge < -0.3 is 9.84 Å². The van der Waals surface area contributed by atoms with E-state index in [0.717, 1.165) is 11.3 Å². The molecule has 0 spiro atoms. The molecular weight excluding hydrogens is 318 g/mol. The maximum Gasteiger partial charge on any atom is 0.242 e. The van der Waals surface area contributed by atoms with Gasteiger partial charge in [-0.1, -0.05) is 23.4 Å². The molecule has 3 aromatic rings. The number of aromatic nitrogens is 3. The lowest BCUT2D eigenvalue weighted by atomic mass is 10.2. The van der Waals surface area contributed by atoms with Gasteiger partial charge >= 0.3 is 0 Å². The van der Waals surface area contributed by atoms with Gasteiger partial charge in [-0.3, -0.25) is 9.69 Å². The van der Waals surface area contributed by atoms with Crippen molar-refractivity contribution in [1.82, 2.24) is 19.8 Å². The molecule has 0 aliphatic heterocycles. The Morgan fingerprint density at radius 1 is 1.36 bits per heavy atom. The predicted molar refractivity (Wildman–Crippen MR) is 94.4 cm³/mol. The molecule has 1 aromatic carbocycles. The Balaban J connectivity index is 1.60. The monoisotopic (exact) mass is 339 g/mol. The third-order valence-electron chi connectivity index (χ3n) is 4.01. The first-order valence-electron chi connectivity index (χ1n) is 8.06. The molecule has 1 amide bonds. The van der Waals surface area contributed by atoms with Gasteiger partial charge in [0.15, 0.2) is 5.82 Å². The normalized spacial score (nSPS) is 12.3. The molecule has 0 saturated heterocycles. The number of nitrogens with one attached hydrogen (secondary N) is 1. The molecule has 1 N–H and O–H groups in total. The molecule has 2 heterocycles. The number of carbonyl (C=O) groups is 1. The van der Waals surface area contributed by atoms with E-state index >= 15 is 0 Å². The number of carbonyl (C=O) groups excluding carboxylic acids is 1. The van der Waals surface area contributed by atoms with Crippen molar-refractivity contribution in [2.24, 2.45) is 0 Å².